The number of benzene rings is 2. The first kappa shape index (κ1) is 24.9. The zero-order valence-electron chi connectivity index (χ0n) is 21.1. The molecule has 0 radical (unpaired) electrons. The third-order valence-corrected chi connectivity index (χ3v) is 7.81. The summed E-state index contributed by atoms with van der Waals surface area (Å²) in [5, 5.41) is 21.0. The predicted molar refractivity (Wildman–Crippen MR) is 143 cm³/mol. The van der Waals surface area contributed by atoms with E-state index in [0.29, 0.717) is 12.2 Å². The number of nitrogens with two attached hydrogens (primary N) is 1. The molecule has 4 N–H and O–H groups in total. The number of hydrogen-bond donors (Lipinski definition) is 3. The Balaban J connectivity index is 1.30. The Labute approximate surface area is 216 Å². The first-order valence-corrected chi connectivity index (χ1v) is 12.9. The van der Waals surface area contributed by atoms with Gasteiger partial charge in [0.2, 0.25) is 5.91 Å². The van der Waals surface area contributed by atoms with E-state index in [4.69, 9.17) is 5.73 Å². The summed E-state index contributed by atoms with van der Waals surface area (Å²) in [7, 11) is 1.61. The van der Waals surface area contributed by atoms with Crippen LogP contribution in [0.3, 0.4) is 0 Å². The number of carbonyl (C=O) groups is 2. The molecule has 2 saturated carbocycles. The Morgan fingerprint density at radius 1 is 1.00 bits per heavy atom. The Morgan fingerprint density at radius 3 is 2.30 bits per heavy atom. The average molecular weight is 500 g/mol. The second-order valence-corrected chi connectivity index (χ2v) is 10.4. The Kier molecular flexibility index (Phi) is 6.93. The number of nitrogens with one attached hydrogen (secondary N) is 1. The summed E-state index contributed by atoms with van der Waals surface area (Å²) >= 11 is 0. The second-order valence-electron chi connectivity index (χ2n) is 10.4. The third kappa shape index (κ3) is 5.64. The Morgan fingerprint density at radius 2 is 1.68 bits per heavy atom. The van der Waals surface area contributed by atoms with Gasteiger partial charge < -0.3 is 21.1 Å². The number of amides is 2. The summed E-state index contributed by atoms with van der Waals surface area (Å²) in [4.78, 5) is 25.4. The fourth-order valence-electron chi connectivity index (χ4n) is 5.24. The minimum Gasteiger partial charge on any atom is -0.465 e. The maximum Gasteiger partial charge on any atom is 0.407 e. The lowest BCUT2D eigenvalue weighted by Crippen LogP contribution is -2.38. The minimum atomic E-state index is -0.903. The van der Waals surface area contributed by atoms with Crippen LogP contribution in [0.4, 0.5) is 10.6 Å². The highest BCUT2D eigenvalue weighted by Gasteiger charge is 2.39. The molecule has 192 valence electrons. The molecule has 2 amide bonds. The maximum atomic E-state index is 12.8. The summed E-state index contributed by atoms with van der Waals surface area (Å²) in [6.07, 6.45) is 4.71. The summed E-state index contributed by atoms with van der Waals surface area (Å²) in [5.41, 5.74) is 10.9. The zero-order valence-corrected chi connectivity index (χ0v) is 21.1. The summed E-state index contributed by atoms with van der Waals surface area (Å²) < 4.78 is 0. The zero-order chi connectivity index (χ0) is 26.0. The van der Waals surface area contributed by atoms with E-state index in [0.717, 1.165) is 66.5 Å². The molecule has 2 aliphatic rings. The van der Waals surface area contributed by atoms with Gasteiger partial charge in [0.1, 0.15) is 5.69 Å². The van der Waals surface area contributed by atoms with E-state index < -0.39 is 6.09 Å². The largest absolute Gasteiger partial charge is 0.465 e. The van der Waals surface area contributed by atoms with Crippen molar-refractivity contribution in [1.29, 1.82) is 0 Å². The Hall–Kier alpha value is -3.78. The van der Waals surface area contributed by atoms with Gasteiger partial charge in [-0.2, -0.15) is 0 Å². The highest BCUT2D eigenvalue weighted by atomic mass is 16.4. The normalized spacial score (nSPS) is 20.2. The smallest absolute Gasteiger partial charge is 0.407 e. The quantitative estimate of drug-likeness (QED) is 0.408. The fraction of sp³-hybridized carbons (Fsp3) is 0.379. The van der Waals surface area contributed by atoms with Crippen molar-refractivity contribution < 1.29 is 14.7 Å². The molecule has 0 aliphatic heterocycles. The van der Waals surface area contributed by atoms with Gasteiger partial charge in [-0.25, -0.2) is 4.79 Å². The lowest BCUT2D eigenvalue weighted by Gasteiger charge is -2.32. The van der Waals surface area contributed by atoms with E-state index in [9.17, 15) is 14.7 Å². The van der Waals surface area contributed by atoms with Crippen molar-refractivity contribution in [3.05, 3.63) is 66.2 Å². The minimum absolute atomic E-state index is 0.0254. The number of aromatic nitrogens is 2. The predicted octanol–water partition coefficient (Wildman–Crippen LogP) is 5.26. The fourth-order valence-corrected chi connectivity index (χ4v) is 5.24. The monoisotopic (exact) mass is 499 g/mol. The summed E-state index contributed by atoms with van der Waals surface area (Å²) in [6.45, 7) is 0. The van der Waals surface area contributed by atoms with Gasteiger partial charge in [0.05, 0.1) is 0 Å². The Bertz CT molecular complexity index is 1270. The standard InChI is InChI=1S/C29H33N5O3/c1-34(28(36)37)23-13-7-19(8-14-23)17-26(35)31-25-18-24(20-5-3-2-4-6-20)27(33-32-25)21-9-11-22(12-10-21)29(30)15-16-29/h2-6,9-12,18-19,23H,7-8,13-17,30H2,1H3,(H,36,37)(H,31,32,35)/t19-,23-. The molecule has 8 heteroatoms. The van der Waals surface area contributed by atoms with Crippen LogP contribution in [-0.4, -0.2) is 45.3 Å². The molecule has 2 aliphatic carbocycles. The van der Waals surface area contributed by atoms with Crippen molar-refractivity contribution in [2.45, 2.75) is 56.5 Å². The maximum absolute atomic E-state index is 12.8. The van der Waals surface area contributed by atoms with Crippen molar-refractivity contribution >= 4 is 17.8 Å². The van der Waals surface area contributed by atoms with E-state index in [2.05, 4.69) is 27.6 Å². The molecule has 8 nitrogen and oxygen atoms in total. The van der Waals surface area contributed by atoms with Crippen LogP contribution in [-0.2, 0) is 10.3 Å². The van der Waals surface area contributed by atoms with Crippen molar-refractivity contribution in [3.63, 3.8) is 0 Å². The van der Waals surface area contributed by atoms with E-state index >= 15 is 0 Å². The number of hydrogen-bond acceptors (Lipinski definition) is 5. The molecule has 1 heterocycles. The van der Waals surface area contributed by atoms with Gasteiger partial charge in [-0.05, 0) is 61.6 Å². The SMILES string of the molecule is CN(C(=O)O)[C@H]1CC[C@H](CC(=O)Nc2cc(-c3ccccc3)c(-c3ccc(C4(N)CC4)cc3)nn2)CC1. The lowest BCUT2D eigenvalue weighted by atomic mass is 9.83. The highest BCUT2D eigenvalue weighted by Crippen LogP contribution is 2.43. The molecule has 2 aromatic carbocycles. The van der Waals surface area contributed by atoms with E-state index in [1.54, 1.807) is 7.05 Å². The number of carbonyl (C=O) groups excluding carboxylic acids is 1. The summed E-state index contributed by atoms with van der Waals surface area (Å²) in [5.74, 6) is 0.552. The van der Waals surface area contributed by atoms with Gasteiger partial charge in [0, 0.05) is 36.2 Å². The summed E-state index contributed by atoms with van der Waals surface area (Å²) in [6, 6.07) is 20.1. The van der Waals surface area contributed by atoms with Crippen LogP contribution < -0.4 is 11.1 Å². The van der Waals surface area contributed by atoms with E-state index in [-0.39, 0.29) is 23.4 Å². The van der Waals surface area contributed by atoms with Gasteiger partial charge in [-0.1, -0.05) is 54.6 Å². The topological polar surface area (TPSA) is 121 Å². The average Bonchev–Trinajstić information content (AvgIpc) is 3.67. The first-order valence-electron chi connectivity index (χ1n) is 12.9. The van der Waals surface area contributed by atoms with Crippen LogP contribution in [0.15, 0.2) is 60.7 Å². The van der Waals surface area contributed by atoms with E-state index in [1.807, 2.05) is 48.5 Å². The van der Waals surface area contributed by atoms with E-state index in [1.165, 1.54) is 4.90 Å². The highest BCUT2D eigenvalue weighted by molar-refractivity contribution is 5.91. The molecule has 1 aromatic heterocycles. The molecule has 0 saturated heterocycles. The molecule has 0 unspecified atom stereocenters. The number of anilines is 1. The molecule has 0 spiro atoms. The number of nitrogens with zero attached hydrogens (tertiary/aromatic N) is 3. The molecule has 0 bridgehead atoms. The first-order chi connectivity index (χ1) is 17.8. The lowest BCUT2D eigenvalue weighted by molar-refractivity contribution is -0.117. The van der Waals surface area contributed by atoms with Crippen molar-refractivity contribution in [3.8, 4) is 22.4 Å². The van der Waals surface area contributed by atoms with Crippen LogP contribution in [0.2, 0.25) is 0 Å². The van der Waals surface area contributed by atoms with Crippen LogP contribution in [0.25, 0.3) is 22.4 Å². The molecule has 3 aromatic rings. The van der Waals surface area contributed by atoms with Gasteiger partial charge in [-0.15, -0.1) is 10.2 Å². The molecular weight excluding hydrogens is 466 g/mol. The van der Waals surface area contributed by atoms with Gasteiger partial charge in [0.15, 0.2) is 5.82 Å². The van der Waals surface area contributed by atoms with Crippen LogP contribution in [0, 0.1) is 5.92 Å². The van der Waals surface area contributed by atoms with Crippen LogP contribution in [0.1, 0.15) is 50.5 Å². The van der Waals surface area contributed by atoms with Gasteiger partial charge in [0.25, 0.3) is 0 Å². The number of rotatable bonds is 7. The van der Waals surface area contributed by atoms with Crippen LogP contribution >= 0.6 is 0 Å². The molecule has 5 rings (SSSR count). The van der Waals surface area contributed by atoms with Gasteiger partial charge in [-0.3, -0.25) is 4.79 Å². The molecular formula is C29H33N5O3. The van der Waals surface area contributed by atoms with Gasteiger partial charge >= 0.3 is 6.09 Å². The third-order valence-electron chi connectivity index (χ3n) is 7.81. The molecule has 37 heavy (non-hydrogen) atoms. The molecule has 2 fully saturated rings. The van der Waals surface area contributed by atoms with Crippen molar-refractivity contribution in [2.75, 3.05) is 12.4 Å². The van der Waals surface area contributed by atoms with Crippen LogP contribution in [0.5, 0.6) is 0 Å². The second kappa shape index (κ2) is 10.3. The number of carboxylic acid groups (broad SMARTS) is 1. The van der Waals surface area contributed by atoms with Crippen molar-refractivity contribution in [1.82, 2.24) is 15.1 Å². The van der Waals surface area contributed by atoms with Crippen molar-refractivity contribution in [2.24, 2.45) is 11.7 Å². The molecule has 0 atom stereocenters.